The van der Waals surface area contributed by atoms with Gasteiger partial charge in [0.2, 0.25) is 0 Å². The second kappa shape index (κ2) is 7.86. The van der Waals surface area contributed by atoms with Crippen LogP contribution in [0.2, 0.25) is 0 Å². The maximum absolute atomic E-state index is 12.4. The Bertz CT molecular complexity index is 1070. The summed E-state index contributed by atoms with van der Waals surface area (Å²) < 4.78 is 0.773. The minimum Gasteiger partial charge on any atom is -0.322 e. The summed E-state index contributed by atoms with van der Waals surface area (Å²) in [7, 11) is 0. The first-order valence-corrected chi connectivity index (χ1v) is 10.1. The van der Waals surface area contributed by atoms with Crippen LogP contribution in [-0.2, 0) is 0 Å². The highest BCUT2D eigenvalue weighted by Crippen LogP contribution is 2.29. The Balaban J connectivity index is 1.50. The second-order valence-electron chi connectivity index (χ2n) is 5.92. The maximum atomic E-state index is 12.4. The zero-order chi connectivity index (χ0) is 18.6. The quantitative estimate of drug-likeness (QED) is 0.398. The minimum atomic E-state index is -0.143. The van der Waals surface area contributed by atoms with E-state index in [1.165, 1.54) is 0 Å². The molecule has 0 saturated carbocycles. The van der Waals surface area contributed by atoms with Gasteiger partial charge in [0.1, 0.15) is 5.01 Å². The van der Waals surface area contributed by atoms with Crippen LogP contribution in [0.1, 0.15) is 10.4 Å². The van der Waals surface area contributed by atoms with Crippen LogP contribution in [0.4, 0.5) is 5.69 Å². The molecule has 0 radical (unpaired) electrons. The summed E-state index contributed by atoms with van der Waals surface area (Å²) in [6, 6.07) is 25.2. The predicted molar refractivity (Wildman–Crippen MR) is 115 cm³/mol. The SMILES string of the molecule is O=C(Nc1ccc(-c2csc(-c3ccccc3)n2)cc1)c1ccccc1Br. The largest absolute Gasteiger partial charge is 0.322 e. The van der Waals surface area contributed by atoms with E-state index >= 15 is 0 Å². The summed E-state index contributed by atoms with van der Waals surface area (Å²) in [5, 5.41) is 5.97. The summed E-state index contributed by atoms with van der Waals surface area (Å²) in [6.45, 7) is 0. The number of nitrogens with one attached hydrogen (secondary N) is 1. The van der Waals surface area contributed by atoms with Gasteiger partial charge in [-0.2, -0.15) is 0 Å². The number of amides is 1. The average molecular weight is 435 g/mol. The number of hydrogen-bond donors (Lipinski definition) is 1. The van der Waals surface area contributed by atoms with Gasteiger partial charge in [-0.05, 0) is 40.2 Å². The smallest absolute Gasteiger partial charge is 0.256 e. The Kier molecular flexibility index (Phi) is 5.14. The molecule has 0 aliphatic rings. The minimum absolute atomic E-state index is 0.143. The number of hydrogen-bond acceptors (Lipinski definition) is 3. The molecular weight excluding hydrogens is 420 g/mol. The van der Waals surface area contributed by atoms with Crippen LogP contribution in [0.5, 0.6) is 0 Å². The van der Waals surface area contributed by atoms with E-state index in [-0.39, 0.29) is 5.91 Å². The van der Waals surface area contributed by atoms with E-state index < -0.39 is 0 Å². The van der Waals surface area contributed by atoms with Crippen molar-refractivity contribution in [2.45, 2.75) is 0 Å². The zero-order valence-corrected chi connectivity index (χ0v) is 16.6. The molecule has 1 amide bonds. The number of aromatic nitrogens is 1. The monoisotopic (exact) mass is 434 g/mol. The van der Waals surface area contributed by atoms with Gasteiger partial charge in [0.25, 0.3) is 5.91 Å². The van der Waals surface area contributed by atoms with Crippen molar-refractivity contribution in [2.75, 3.05) is 5.32 Å². The lowest BCUT2D eigenvalue weighted by Crippen LogP contribution is -2.12. The number of thiazole rings is 1. The molecule has 0 unspecified atom stereocenters. The summed E-state index contributed by atoms with van der Waals surface area (Å²) in [6.07, 6.45) is 0. The molecule has 132 valence electrons. The standard InChI is InChI=1S/C22H15BrN2OS/c23-19-9-5-4-8-18(19)21(26)24-17-12-10-15(11-13-17)20-14-27-22(25-20)16-6-2-1-3-7-16/h1-14H,(H,24,26). The normalized spacial score (nSPS) is 10.6. The molecule has 1 heterocycles. The van der Waals surface area contributed by atoms with Crippen molar-refractivity contribution in [3.63, 3.8) is 0 Å². The molecule has 0 atom stereocenters. The molecular formula is C22H15BrN2OS. The fourth-order valence-corrected chi connectivity index (χ4v) is 3.99. The number of halogens is 1. The van der Waals surface area contributed by atoms with E-state index in [1.807, 2.05) is 60.7 Å². The number of carbonyl (C=O) groups excluding carboxylic acids is 1. The lowest BCUT2D eigenvalue weighted by atomic mass is 10.1. The van der Waals surface area contributed by atoms with Crippen LogP contribution in [0.15, 0.2) is 88.7 Å². The summed E-state index contributed by atoms with van der Waals surface area (Å²) >= 11 is 5.03. The Morgan fingerprint density at radius 3 is 2.30 bits per heavy atom. The van der Waals surface area contributed by atoms with Crippen LogP contribution in [-0.4, -0.2) is 10.9 Å². The Labute approximate surface area is 169 Å². The Morgan fingerprint density at radius 1 is 0.852 bits per heavy atom. The molecule has 0 aliphatic heterocycles. The van der Waals surface area contributed by atoms with E-state index in [4.69, 9.17) is 4.98 Å². The van der Waals surface area contributed by atoms with Crippen LogP contribution in [0.25, 0.3) is 21.8 Å². The molecule has 3 aromatic carbocycles. The third kappa shape index (κ3) is 3.99. The number of nitrogens with zero attached hydrogens (tertiary/aromatic N) is 1. The molecule has 1 N–H and O–H groups in total. The molecule has 0 fully saturated rings. The molecule has 1 aromatic heterocycles. The van der Waals surface area contributed by atoms with Gasteiger partial charge in [0.05, 0.1) is 11.3 Å². The number of benzene rings is 3. The van der Waals surface area contributed by atoms with Crippen molar-refractivity contribution in [2.24, 2.45) is 0 Å². The van der Waals surface area contributed by atoms with Gasteiger partial charge in [-0.3, -0.25) is 4.79 Å². The fraction of sp³-hybridized carbons (Fsp3) is 0. The molecule has 0 bridgehead atoms. The van der Waals surface area contributed by atoms with Crippen LogP contribution in [0.3, 0.4) is 0 Å². The van der Waals surface area contributed by atoms with Gasteiger partial charge in [-0.1, -0.05) is 54.6 Å². The van der Waals surface area contributed by atoms with E-state index in [2.05, 4.69) is 38.8 Å². The first-order chi connectivity index (χ1) is 13.2. The van der Waals surface area contributed by atoms with Crippen LogP contribution < -0.4 is 5.32 Å². The van der Waals surface area contributed by atoms with Crippen LogP contribution >= 0.6 is 27.3 Å². The third-order valence-electron chi connectivity index (χ3n) is 4.08. The molecule has 3 nitrogen and oxygen atoms in total. The zero-order valence-electron chi connectivity index (χ0n) is 14.2. The van der Waals surface area contributed by atoms with Crippen LogP contribution in [0, 0.1) is 0 Å². The molecule has 0 aliphatic carbocycles. The Hall–Kier alpha value is -2.76. The van der Waals surface area contributed by atoms with E-state index in [9.17, 15) is 4.79 Å². The van der Waals surface area contributed by atoms with E-state index in [0.29, 0.717) is 5.56 Å². The predicted octanol–water partition coefficient (Wildman–Crippen LogP) is 6.49. The molecule has 27 heavy (non-hydrogen) atoms. The van der Waals surface area contributed by atoms with Gasteiger partial charge < -0.3 is 5.32 Å². The van der Waals surface area contributed by atoms with E-state index in [1.54, 1.807) is 17.4 Å². The summed E-state index contributed by atoms with van der Waals surface area (Å²) in [4.78, 5) is 17.1. The van der Waals surface area contributed by atoms with Gasteiger partial charge in [-0.15, -0.1) is 11.3 Å². The summed E-state index contributed by atoms with van der Waals surface area (Å²) in [5.41, 5.74) is 4.42. The lowest BCUT2D eigenvalue weighted by molar-refractivity contribution is 0.102. The maximum Gasteiger partial charge on any atom is 0.256 e. The van der Waals surface area contributed by atoms with Crippen molar-refractivity contribution < 1.29 is 4.79 Å². The molecule has 0 spiro atoms. The number of anilines is 1. The van der Waals surface area contributed by atoms with Crippen molar-refractivity contribution in [1.29, 1.82) is 0 Å². The first-order valence-electron chi connectivity index (χ1n) is 8.38. The number of rotatable bonds is 4. The van der Waals surface area contributed by atoms with Gasteiger partial charge in [-0.25, -0.2) is 4.98 Å². The summed E-state index contributed by atoms with van der Waals surface area (Å²) in [5.74, 6) is -0.143. The lowest BCUT2D eigenvalue weighted by Gasteiger charge is -2.07. The second-order valence-corrected chi connectivity index (χ2v) is 7.63. The van der Waals surface area contributed by atoms with Gasteiger partial charge in [0.15, 0.2) is 0 Å². The third-order valence-corrected chi connectivity index (χ3v) is 5.66. The van der Waals surface area contributed by atoms with Crippen molar-refractivity contribution in [1.82, 2.24) is 4.98 Å². The van der Waals surface area contributed by atoms with Crippen molar-refractivity contribution >= 4 is 38.9 Å². The Morgan fingerprint density at radius 2 is 1.56 bits per heavy atom. The average Bonchev–Trinajstić information content (AvgIpc) is 3.20. The van der Waals surface area contributed by atoms with Crippen molar-refractivity contribution in [3.05, 3.63) is 94.3 Å². The molecule has 0 saturated heterocycles. The van der Waals surface area contributed by atoms with Gasteiger partial charge in [0, 0.05) is 26.7 Å². The first kappa shape index (κ1) is 17.6. The van der Waals surface area contributed by atoms with Crippen molar-refractivity contribution in [3.8, 4) is 21.8 Å². The van der Waals surface area contributed by atoms with Gasteiger partial charge >= 0.3 is 0 Å². The molecule has 4 aromatic rings. The number of carbonyl (C=O) groups is 1. The molecule has 5 heteroatoms. The fourth-order valence-electron chi connectivity index (χ4n) is 2.69. The molecule has 4 rings (SSSR count). The highest BCUT2D eigenvalue weighted by atomic mass is 79.9. The highest BCUT2D eigenvalue weighted by Gasteiger charge is 2.10. The van der Waals surface area contributed by atoms with E-state index in [0.717, 1.165) is 32.0 Å². The topological polar surface area (TPSA) is 42.0 Å². The highest BCUT2D eigenvalue weighted by molar-refractivity contribution is 9.10.